The largest absolute Gasteiger partial charge is 0.462 e. The molecule has 1 amide bonds. The van der Waals surface area contributed by atoms with Gasteiger partial charge in [-0.25, -0.2) is 4.79 Å². The van der Waals surface area contributed by atoms with Crippen molar-refractivity contribution in [1.29, 1.82) is 0 Å². The Morgan fingerprint density at radius 2 is 1.88 bits per heavy atom. The van der Waals surface area contributed by atoms with Crippen LogP contribution in [-0.2, 0) is 9.53 Å². The Kier molecular flexibility index (Phi) is 8.23. The van der Waals surface area contributed by atoms with Crippen molar-refractivity contribution < 1.29 is 14.3 Å². The first-order chi connectivity index (χ1) is 12.1. The third-order valence-electron chi connectivity index (χ3n) is 2.84. The molecule has 2 aromatic rings. The van der Waals surface area contributed by atoms with Crippen molar-refractivity contribution in [1.82, 2.24) is 10.2 Å². The summed E-state index contributed by atoms with van der Waals surface area (Å²) in [6.07, 6.45) is 1.08. The van der Waals surface area contributed by atoms with Gasteiger partial charge in [-0.1, -0.05) is 53.9 Å². The van der Waals surface area contributed by atoms with Crippen LogP contribution in [0.25, 0.3) is 0 Å². The molecule has 1 aromatic carbocycles. The monoisotopic (exact) mass is 397 g/mol. The maximum Gasteiger partial charge on any atom is 0.340 e. The molecule has 0 saturated carbocycles. The topological polar surface area (TPSA) is 81.2 Å². The molecule has 0 aliphatic carbocycles. The van der Waals surface area contributed by atoms with E-state index in [0.717, 1.165) is 20.9 Å². The van der Waals surface area contributed by atoms with Gasteiger partial charge in [0.25, 0.3) is 0 Å². The van der Waals surface area contributed by atoms with Crippen LogP contribution in [0, 0.1) is 0 Å². The van der Waals surface area contributed by atoms with Gasteiger partial charge >= 0.3 is 5.97 Å². The van der Waals surface area contributed by atoms with E-state index in [0.29, 0.717) is 11.3 Å². The summed E-state index contributed by atoms with van der Waals surface area (Å²) >= 11 is 4.48. The van der Waals surface area contributed by atoms with Crippen LogP contribution in [0.15, 0.2) is 32.9 Å². The van der Waals surface area contributed by atoms with Crippen molar-refractivity contribution in [3.63, 3.8) is 0 Å². The van der Waals surface area contributed by atoms with Gasteiger partial charge in [-0.05, 0) is 25.5 Å². The highest BCUT2D eigenvalue weighted by molar-refractivity contribution is 8.03. The lowest BCUT2D eigenvalue weighted by molar-refractivity contribution is -0.113. The second-order valence-corrected chi connectivity index (χ2v) is 8.33. The van der Waals surface area contributed by atoms with E-state index in [1.807, 2.05) is 0 Å². The summed E-state index contributed by atoms with van der Waals surface area (Å²) in [5.41, 5.74) is 0.792. The predicted molar refractivity (Wildman–Crippen MR) is 103 cm³/mol. The molecule has 0 atom stereocenters. The first-order valence-electron chi connectivity index (χ1n) is 7.79. The number of ether oxygens (including phenoxy) is 1. The Balaban J connectivity index is 1.90. The SMILES string of the molecule is CCCSc1nnc(SCC(=O)Nc2ccccc2C(=O)OCC)s1. The van der Waals surface area contributed by atoms with Gasteiger partial charge in [-0.3, -0.25) is 4.79 Å². The van der Waals surface area contributed by atoms with Crippen LogP contribution < -0.4 is 5.32 Å². The van der Waals surface area contributed by atoms with Gasteiger partial charge in [0.1, 0.15) is 0 Å². The minimum absolute atomic E-state index is 0.199. The molecule has 6 nitrogen and oxygen atoms in total. The molecule has 0 spiro atoms. The summed E-state index contributed by atoms with van der Waals surface area (Å²) in [7, 11) is 0. The second kappa shape index (κ2) is 10.4. The number of nitrogens with zero attached hydrogens (tertiary/aromatic N) is 2. The van der Waals surface area contributed by atoms with Crippen LogP contribution in [-0.4, -0.2) is 40.2 Å². The number of benzene rings is 1. The summed E-state index contributed by atoms with van der Waals surface area (Å²) in [5, 5.41) is 10.9. The number of carbonyl (C=O) groups is 2. The molecule has 1 N–H and O–H groups in total. The van der Waals surface area contributed by atoms with Crippen LogP contribution >= 0.6 is 34.9 Å². The average molecular weight is 398 g/mol. The van der Waals surface area contributed by atoms with Gasteiger partial charge < -0.3 is 10.1 Å². The molecule has 2 rings (SSSR count). The number of nitrogens with one attached hydrogen (secondary N) is 1. The summed E-state index contributed by atoms with van der Waals surface area (Å²) in [5.74, 6) is 0.543. The zero-order valence-corrected chi connectivity index (χ0v) is 16.4. The molecule has 9 heteroatoms. The van der Waals surface area contributed by atoms with E-state index >= 15 is 0 Å². The van der Waals surface area contributed by atoms with E-state index < -0.39 is 5.97 Å². The van der Waals surface area contributed by atoms with Crippen LogP contribution in [0.1, 0.15) is 30.6 Å². The Bertz CT molecular complexity index is 721. The standard InChI is InChI=1S/C16H19N3O3S3/c1-3-9-23-15-18-19-16(25-15)24-10-13(20)17-12-8-6-5-7-11(12)14(21)22-4-2/h5-8H,3-4,9-10H2,1-2H3,(H,17,20). The average Bonchev–Trinajstić information content (AvgIpc) is 3.07. The van der Waals surface area contributed by atoms with Gasteiger partial charge in [0.15, 0.2) is 8.68 Å². The first-order valence-corrected chi connectivity index (χ1v) is 10.6. The number of carbonyl (C=O) groups excluding carboxylic acids is 2. The summed E-state index contributed by atoms with van der Waals surface area (Å²) in [6, 6.07) is 6.79. The third-order valence-corrected chi connectivity index (χ3v) is 6.24. The van der Waals surface area contributed by atoms with E-state index in [-0.39, 0.29) is 18.3 Å². The van der Waals surface area contributed by atoms with E-state index in [4.69, 9.17) is 4.74 Å². The van der Waals surface area contributed by atoms with Gasteiger partial charge in [-0.15, -0.1) is 10.2 Å². The maximum atomic E-state index is 12.2. The minimum Gasteiger partial charge on any atom is -0.462 e. The fourth-order valence-electron chi connectivity index (χ4n) is 1.80. The molecule has 0 radical (unpaired) electrons. The number of rotatable bonds is 9. The lowest BCUT2D eigenvalue weighted by Crippen LogP contribution is -2.17. The van der Waals surface area contributed by atoms with Crippen LogP contribution in [0.2, 0.25) is 0 Å². The molecule has 25 heavy (non-hydrogen) atoms. The molecule has 134 valence electrons. The number of anilines is 1. The third kappa shape index (κ3) is 6.33. The van der Waals surface area contributed by atoms with Gasteiger partial charge in [0.05, 0.1) is 23.6 Å². The molecule has 0 unspecified atom stereocenters. The molecule has 0 saturated heterocycles. The molecule has 1 aromatic heterocycles. The lowest BCUT2D eigenvalue weighted by Gasteiger charge is -2.09. The predicted octanol–water partition coefficient (Wildman–Crippen LogP) is 3.95. The molecule has 0 bridgehead atoms. The van der Waals surface area contributed by atoms with Gasteiger partial charge in [-0.2, -0.15) is 0 Å². The summed E-state index contributed by atoms with van der Waals surface area (Å²) < 4.78 is 6.67. The quantitative estimate of drug-likeness (QED) is 0.507. The molecular formula is C16H19N3O3S3. The summed E-state index contributed by atoms with van der Waals surface area (Å²) in [4.78, 5) is 24.1. The van der Waals surface area contributed by atoms with Crippen molar-refractivity contribution in [2.45, 2.75) is 28.9 Å². The van der Waals surface area contributed by atoms with Crippen molar-refractivity contribution in [2.75, 3.05) is 23.4 Å². The normalized spacial score (nSPS) is 10.5. The zero-order valence-electron chi connectivity index (χ0n) is 14.0. The zero-order chi connectivity index (χ0) is 18.1. The minimum atomic E-state index is -0.451. The fraction of sp³-hybridized carbons (Fsp3) is 0.375. The van der Waals surface area contributed by atoms with E-state index in [9.17, 15) is 9.59 Å². The lowest BCUT2D eigenvalue weighted by atomic mass is 10.2. The van der Waals surface area contributed by atoms with Crippen molar-refractivity contribution in [2.24, 2.45) is 0 Å². The second-order valence-electron chi connectivity index (χ2n) is 4.79. The Hall–Kier alpha value is -1.58. The van der Waals surface area contributed by atoms with Crippen LogP contribution in [0.3, 0.4) is 0 Å². The number of hydrogen-bond donors (Lipinski definition) is 1. The number of amides is 1. The maximum absolute atomic E-state index is 12.2. The Labute approximate surface area is 159 Å². The number of hydrogen-bond acceptors (Lipinski definition) is 8. The fourth-order valence-corrected chi connectivity index (χ4v) is 4.54. The van der Waals surface area contributed by atoms with E-state index in [2.05, 4.69) is 22.4 Å². The molecular weight excluding hydrogens is 378 g/mol. The number of esters is 1. The van der Waals surface area contributed by atoms with E-state index in [1.54, 1.807) is 43.0 Å². The number of thioether (sulfide) groups is 2. The van der Waals surface area contributed by atoms with Crippen LogP contribution in [0.4, 0.5) is 5.69 Å². The Morgan fingerprint density at radius 3 is 2.60 bits per heavy atom. The molecule has 0 aliphatic rings. The van der Waals surface area contributed by atoms with Gasteiger partial charge in [0, 0.05) is 5.75 Å². The van der Waals surface area contributed by atoms with Crippen molar-refractivity contribution >= 4 is 52.4 Å². The van der Waals surface area contributed by atoms with Crippen molar-refractivity contribution in [3.8, 4) is 0 Å². The summed E-state index contributed by atoms with van der Waals surface area (Å²) in [6.45, 7) is 4.14. The van der Waals surface area contributed by atoms with Crippen molar-refractivity contribution in [3.05, 3.63) is 29.8 Å². The Morgan fingerprint density at radius 1 is 1.16 bits per heavy atom. The number of para-hydroxylation sites is 1. The smallest absolute Gasteiger partial charge is 0.340 e. The molecule has 0 aliphatic heterocycles. The highest BCUT2D eigenvalue weighted by Crippen LogP contribution is 2.29. The van der Waals surface area contributed by atoms with Crippen LogP contribution in [0.5, 0.6) is 0 Å². The highest BCUT2D eigenvalue weighted by Gasteiger charge is 2.14. The van der Waals surface area contributed by atoms with Gasteiger partial charge in [0.2, 0.25) is 5.91 Å². The van der Waals surface area contributed by atoms with E-state index in [1.165, 1.54) is 23.1 Å². The first kappa shape index (κ1) is 19.7. The number of aromatic nitrogens is 2. The highest BCUT2D eigenvalue weighted by atomic mass is 32.2. The molecule has 0 fully saturated rings. The molecule has 1 heterocycles.